The van der Waals surface area contributed by atoms with E-state index in [2.05, 4.69) is 34.1 Å². The number of nitrogen functional groups attached to an aromatic ring is 2. The topological polar surface area (TPSA) is 132 Å². The van der Waals surface area contributed by atoms with Crippen molar-refractivity contribution in [2.24, 2.45) is 4.99 Å². The standard InChI is InChI=1S/C50H52N6O2/c1-32-25-37(54-43-27-34(3)41(51)30-44(43)53-36-17-11-9-12-18-36)23-24-39(32)49(57)21-15-7-5-6-8-16-22-50(58)40-29-47-45(26-33(40)2)55-46-28-35(4)42(52)31-48(46)56(47)38-19-13-10-14-20-38/h9-14,17-20,24-31,52-53H,5-8,15-16,21-23,51H2,1-4H3/p+2. The monoisotopic (exact) mass is 770 g/mol. The third-order valence-electron chi connectivity index (χ3n) is 11.2. The zero-order valence-corrected chi connectivity index (χ0v) is 34.1. The second-order valence-corrected chi connectivity index (χ2v) is 15.7. The molecule has 6 aromatic rings. The van der Waals surface area contributed by atoms with Crippen molar-refractivity contribution in [1.29, 1.82) is 0 Å². The number of aromatic nitrogens is 2. The first-order valence-electron chi connectivity index (χ1n) is 20.5. The van der Waals surface area contributed by atoms with Crippen molar-refractivity contribution in [3.63, 3.8) is 0 Å². The molecule has 0 bridgehead atoms. The van der Waals surface area contributed by atoms with E-state index in [9.17, 15) is 9.59 Å². The molecule has 0 unspecified atom stereocenters. The van der Waals surface area contributed by atoms with Gasteiger partial charge in [-0.2, -0.15) is 0 Å². The van der Waals surface area contributed by atoms with Crippen LogP contribution in [-0.4, -0.2) is 22.3 Å². The van der Waals surface area contributed by atoms with Gasteiger partial charge in [-0.1, -0.05) is 68.2 Å². The van der Waals surface area contributed by atoms with Crippen LogP contribution in [0, 0.1) is 20.8 Å². The fourth-order valence-corrected chi connectivity index (χ4v) is 7.87. The summed E-state index contributed by atoms with van der Waals surface area (Å²) in [5.41, 5.74) is 27.8. The van der Waals surface area contributed by atoms with Gasteiger partial charge < -0.3 is 11.5 Å². The van der Waals surface area contributed by atoms with E-state index in [1.165, 1.54) is 0 Å². The lowest BCUT2D eigenvalue weighted by Gasteiger charge is -2.14. The number of nitrogens with zero attached hydrogens (tertiary/aromatic N) is 3. The molecule has 1 heterocycles. The van der Waals surface area contributed by atoms with Crippen molar-refractivity contribution in [3.8, 4) is 5.69 Å². The molecule has 58 heavy (non-hydrogen) atoms. The summed E-state index contributed by atoms with van der Waals surface area (Å²) in [4.78, 5) is 36.9. The van der Waals surface area contributed by atoms with Crippen LogP contribution in [0.4, 0.5) is 28.4 Å². The van der Waals surface area contributed by atoms with E-state index in [-0.39, 0.29) is 11.6 Å². The van der Waals surface area contributed by atoms with Gasteiger partial charge in [-0.25, -0.2) is 9.98 Å². The number of benzene rings is 5. The Morgan fingerprint density at radius 1 is 0.690 bits per heavy atom. The van der Waals surface area contributed by atoms with E-state index in [0.29, 0.717) is 24.9 Å². The van der Waals surface area contributed by atoms with Crippen LogP contribution < -0.4 is 21.4 Å². The molecule has 8 nitrogen and oxygen atoms in total. The van der Waals surface area contributed by atoms with Gasteiger partial charge in [0.15, 0.2) is 17.3 Å². The summed E-state index contributed by atoms with van der Waals surface area (Å²) in [6.07, 6.45) is 11.5. The average Bonchev–Trinajstić information content (AvgIpc) is 3.21. The number of anilines is 2. The van der Waals surface area contributed by atoms with Gasteiger partial charge in [-0.05, 0) is 99.2 Å². The van der Waals surface area contributed by atoms with Gasteiger partial charge >= 0.3 is 0 Å². The Kier molecular flexibility index (Phi) is 12.3. The summed E-state index contributed by atoms with van der Waals surface area (Å²) in [5, 5.41) is 2.10. The fraction of sp³-hybridized carbons (Fsp3) is 0.260. The number of nitrogens with two attached hydrogens (primary N) is 3. The highest BCUT2D eigenvalue weighted by molar-refractivity contribution is 6.07. The maximum atomic E-state index is 13.6. The second-order valence-electron chi connectivity index (χ2n) is 15.7. The van der Waals surface area contributed by atoms with E-state index < -0.39 is 0 Å². The van der Waals surface area contributed by atoms with Crippen LogP contribution >= 0.6 is 0 Å². The minimum Gasteiger partial charge on any atom is -0.398 e. The third-order valence-corrected chi connectivity index (χ3v) is 11.2. The largest absolute Gasteiger partial charge is 0.398 e. The number of para-hydroxylation sites is 2. The van der Waals surface area contributed by atoms with Crippen molar-refractivity contribution in [1.82, 2.24) is 4.98 Å². The van der Waals surface area contributed by atoms with Crippen LogP contribution in [0.3, 0.4) is 0 Å². The molecule has 0 spiro atoms. The lowest BCUT2D eigenvalue weighted by atomic mass is 9.92. The number of aliphatic imine (C=N–C) groups is 1. The van der Waals surface area contributed by atoms with Crippen molar-refractivity contribution in [2.75, 3.05) is 11.5 Å². The third kappa shape index (κ3) is 9.14. The molecule has 8 heteroatoms. The fourth-order valence-electron chi connectivity index (χ4n) is 7.87. The van der Waals surface area contributed by atoms with Gasteiger partial charge in [0.25, 0.3) is 0 Å². The highest BCUT2D eigenvalue weighted by atomic mass is 16.1. The number of unbranched alkanes of at least 4 members (excludes halogenated alkanes) is 5. The number of Topliss-reactive ketones (excluding diaryl/α,β-unsaturated/α-hetero) is 2. The van der Waals surface area contributed by atoms with Crippen LogP contribution in [0.15, 0.2) is 125 Å². The first-order valence-corrected chi connectivity index (χ1v) is 20.5. The maximum Gasteiger partial charge on any atom is 0.239 e. The number of rotatable bonds is 15. The van der Waals surface area contributed by atoms with Gasteiger partial charge in [0, 0.05) is 77.8 Å². The lowest BCUT2D eigenvalue weighted by molar-refractivity contribution is -0.538. The number of allylic oxidation sites excluding steroid dienone is 4. The summed E-state index contributed by atoms with van der Waals surface area (Å²) in [6.45, 7) is 7.99. The molecule has 294 valence electrons. The molecule has 5 aromatic carbocycles. The molecule has 7 rings (SSSR count). The van der Waals surface area contributed by atoms with E-state index in [1.54, 1.807) is 0 Å². The van der Waals surface area contributed by atoms with E-state index in [1.807, 2.05) is 113 Å². The summed E-state index contributed by atoms with van der Waals surface area (Å²) >= 11 is 0. The quantitative estimate of drug-likeness (QED) is 0.0314. The minimum absolute atomic E-state index is 0.153. The SMILES string of the molecule is CC1=CC(=Nc2cc(C)c(N)cc2[NH2+]c2ccccc2)CC=C1C(=O)CCCCCCCCC(=O)c1cc2c(cc1C)nc1cc(C)c(N)cc1[n+]2-c1ccccc1. The van der Waals surface area contributed by atoms with Crippen molar-refractivity contribution in [3.05, 3.63) is 143 Å². The summed E-state index contributed by atoms with van der Waals surface area (Å²) in [6, 6.07) is 32.4. The van der Waals surface area contributed by atoms with Crippen molar-refractivity contribution < 1.29 is 19.5 Å². The Balaban J connectivity index is 0.897. The minimum atomic E-state index is 0.153. The molecule has 1 aromatic heterocycles. The molecular weight excluding hydrogens is 717 g/mol. The Labute approximate surface area is 341 Å². The molecule has 0 atom stereocenters. The second kappa shape index (κ2) is 17.9. The number of carbonyl (C=O) groups excluding carboxylic acids is 2. The molecule has 6 N–H and O–H groups in total. The Bertz CT molecular complexity index is 2610. The van der Waals surface area contributed by atoms with E-state index >= 15 is 0 Å². The number of hydrogen-bond donors (Lipinski definition) is 3. The normalized spacial score (nSPS) is 13.6. The van der Waals surface area contributed by atoms with Crippen molar-refractivity contribution >= 4 is 67.8 Å². The molecule has 0 fully saturated rings. The smallest absolute Gasteiger partial charge is 0.239 e. The zero-order valence-electron chi connectivity index (χ0n) is 34.1. The predicted octanol–water partition coefficient (Wildman–Crippen LogP) is 10.2. The molecule has 1 aliphatic carbocycles. The number of fused-ring (bicyclic) bond motifs is 2. The molecule has 1 aliphatic rings. The summed E-state index contributed by atoms with van der Waals surface area (Å²) in [5.74, 6) is 0.348. The molecular formula is C50H54N6O2+2. The molecule has 0 amide bonds. The molecule has 0 saturated carbocycles. The van der Waals surface area contributed by atoms with Gasteiger partial charge in [-0.3, -0.25) is 14.9 Å². The Morgan fingerprint density at radius 2 is 1.28 bits per heavy atom. The molecule has 0 radical (unpaired) electrons. The first-order chi connectivity index (χ1) is 28.0. The highest BCUT2D eigenvalue weighted by Gasteiger charge is 2.23. The number of hydrogen-bond acceptors (Lipinski definition) is 6. The predicted molar refractivity (Wildman–Crippen MR) is 238 cm³/mol. The molecule has 0 aliphatic heterocycles. The van der Waals surface area contributed by atoms with Crippen molar-refractivity contribution in [2.45, 2.75) is 85.5 Å². The maximum absolute atomic E-state index is 13.6. The van der Waals surface area contributed by atoms with E-state index in [0.717, 1.165) is 128 Å². The molecule has 0 saturated heterocycles. The van der Waals surface area contributed by atoms with Crippen LogP contribution in [0.2, 0.25) is 0 Å². The lowest BCUT2D eigenvalue weighted by Crippen LogP contribution is -2.71. The summed E-state index contributed by atoms with van der Waals surface area (Å²) < 4.78 is 2.16. The number of quaternary nitrogens is 1. The Hall–Kier alpha value is -6.25. The average molecular weight is 771 g/mol. The summed E-state index contributed by atoms with van der Waals surface area (Å²) in [7, 11) is 0. The zero-order chi connectivity index (χ0) is 40.8. The first kappa shape index (κ1) is 40.0. The van der Waals surface area contributed by atoms with Gasteiger partial charge in [0.05, 0.1) is 0 Å². The van der Waals surface area contributed by atoms with Gasteiger partial charge in [0.1, 0.15) is 22.4 Å². The van der Waals surface area contributed by atoms with Crippen LogP contribution in [0.1, 0.15) is 91.8 Å². The van der Waals surface area contributed by atoms with Crippen LogP contribution in [0.5, 0.6) is 0 Å². The highest BCUT2D eigenvalue weighted by Crippen LogP contribution is 2.30. The Morgan fingerprint density at radius 3 is 1.97 bits per heavy atom. The van der Waals surface area contributed by atoms with E-state index in [4.69, 9.17) is 21.4 Å². The number of ketones is 2. The van der Waals surface area contributed by atoms with Crippen LogP contribution in [-0.2, 0) is 4.79 Å². The number of carbonyl (C=O) groups is 2. The van der Waals surface area contributed by atoms with Gasteiger partial charge in [0.2, 0.25) is 16.7 Å². The van der Waals surface area contributed by atoms with Gasteiger partial charge in [-0.15, -0.1) is 4.57 Å². The van der Waals surface area contributed by atoms with Crippen LogP contribution in [0.25, 0.3) is 27.8 Å². The number of aryl methyl sites for hydroxylation is 3.